The molecule has 0 bridgehead atoms. The number of pyridine rings is 1. The van der Waals surface area contributed by atoms with Crippen molar-refractivity contribution in [3.8, 4) is 6.07 Å². The second-order valence-corrected chi connectivity index (χ2v) is 8.21. The molecule has 0 spiro atoms. The first-order valence-corrected chi connectivity index (χ1v) is 10.6. The van der Waals surface area contributed by atoms with Crippen molar-refractivity contribution >= 4 is 17.6 Å². The molecule has 27 heavy (non-hydrogen) atoms. The summed E-state index contributed by atoms with van der Waals surface area (Å²) in [5.41, 5.74) is 4.37. The molecule has 0 aliphatic carbocycles. The van der Waals surface area contributed by atoms with E-state index in [0.29, 0.717) is 0 Å². The lowest BCUT2D eigenvalue weighted by Gasteiger charge is -2.23. The van der Waals surface area contributed by atoms with E-state index in [9.17, 15) is 0 Å². The van der Waals surface area contributed by atoms with Gasteiger partial charge in [0.05, 0.1) is 16.7 Å². The zero-order valence-corrected chi connectivity index (χ0v) is 17.4. The molecule has 142 valence electrons. The predicted octanol–water partition coefficient (Wildman–Crippen LogP) is 4.26. The fraction of sp³-hybridized carbons (Fsp3) is 0.455. The highest BCUT2D eigenvalue weighted by molar-refractivity contribution is 7.98. The van der Waals surface area contributed by atoms with E-state index in [1.807, 2.05) is 19.1 Å². The Kier molecular flexibility index (Phi) is 6.76. The summed E-state index contributed by atoms with van der Waals surface area (Å²) in [6.45, 7) is 8.55. The molecule has 0 atom stereocenters. The molecule has 1 aromatic carbocycles. The number of likely N-dealkylation sites (N-methyl/N-ethyl adjacent to an activating group) is 1. The maximum Gasteiger partial charge on any atom is 0.130 e. The highest BCUT2D eigenvalue weighted by atomic mass is 32.2. The van der Waals surface area contributed by atoms with Crippen molar-refractivity contribution in [2.24, 2.45) is 0 Å². The van der Waals surface area contributed by atoms with Crippen molar-refractivity contribution in [3.63, 3.8) is 0 Å². The van der Waals surface area contributed by atoms with Crippen LogP contribution in [-0.2, 0) is 12.2 Å². The van der Waals surface area contributed by atoms with Crippen LogP contribution in [0.25, 0.3) is 0 Å². The fourth-order valence-corrected chi connectivity index (χ4v) is 4.24. The standard InChI is InChI=1S/C22H28N4S/c1-4-18-13-21(26-9-5-8-25(3)10-11-26)24-22(14-18)27-16-19-6-7-20(15-23)17(2)12-19/h6-7,12-14H,4-5,8-11,16H2,1-3H3. The topological polar surface area (TPSA) is 43.2 Å². The second-order valence-electron chi connectivity index (χ2n) is 7.22. The Morgan fingerprint density at radius 3 is 2.70 bits per heavy atom. The van der Waals surface area contributed by atoms with E-state index in [1.165, 1.54) is 17.5 Å². The molecule has 5 heteroatoms. The Balaban J connectivity index is 1.75. The van der Waals surface area contributed by atoms with Crippen molar-refractivity contribution in [2.45, 2.75) is 37.5 Å². The third-order valence-electron chi connectivity index (χ3n) is 5.10. The molecule has 1 aliphatic rings. The van der Waals surface area contributed by atoms with Crippen molar-refractivity contribution in [3.05, 3.63) is 52.6 Å². The molecule has 0 saturated carbocycles. The van der Waals surface area contributed by atoms with E-state index in [-0.39, 0.29) is 0 Å². The lowest BCUT2D eigenvalue weighted by molar-refractivity contribution is 0.360. The van der Waals surface area contributed by atoms with Crippen LogP contribution in [0.15, 0.2) is 35.4 Å². The summed E-state index contributed by atoms with van der Waals surface area (Å²) < 4.78 is 0. The number of anilines is 1. The van der Waals surface area contributed by atoms with Gasteiger partial charge in [0.15, 0.2) is 0 Å². The van der Waals surface area contributed by atoms with Gasteiger partial charge in [0.1, 0.15) is 5.82 Å². The summed E-state index contributed by atoms with van der Waals surface area (Å²) in [7, 11) is 2.19. The van der Waals surface area contributed by atoms with Gasteiger partial charge < -0.3 is 9.80 Å². The van der Waals surface area contributed by atoms with Gasteiger partial charge in [-0.15, -0.1) is 11.8 Å². The summed E-state index contributed by atoms with van der Waals surface area (Å²) in [6.07, 6.45) is 2.20. The van der Waals surface area contributed by atoms with E-state index in [4.69, 9.17) is 10.2 Å². The molecule has 4 nitrogen and oxygen atoms in total. The Morgan fingerprint density at radius 1 is 1.11 bits per heavy atom. The number of hydrogen-bond acceptors (Lipinski definition) is 5. The Bertz CT molecular complexity index is 828. The maximum absolute atomic E-state index is 9.09. The van der Waals surface area contributed by atoms with E-state index < -0.39 is 0 Å². The van der Waals surface area contributed by atoms with Crippen LogP contribution in [0, 0.1) is 18.3 Å². The van der Waals surface area contributed by atoms with Crippen LogP contribution in [-0.4, -0.2) is 43.1 Å². The molecule has 2 aromatic rings. The molecule has 1 fully saturated rings. The van der Waals surface area contributed by atoms with Gasteiger partial charge in [-0.2, -0.15) is 5.26 Å². The normalized spacial score (nSPS) is 15.4. The van der Waals surface area contributed by atoms with Crippen LogP contribution in [0.4, 0.5) is 5.82 Å². The first kappa shape index (κ1) is 19.7. The largest absolute Gasteiger partial charge is 0.355 e. The van der Waals surface area contributed by atoms with Gasteiger partial charge in [0, 0.05) is 25.4 Å². The summed E-state index contributed by atoms with van der Waals surface area (Å²) >= 11 is 1.78. The molecule has 0 N–H and O–H groups in total. The van der Waals surface area contributed by atoms with Crippen molar-refractivity contribution in [1.82, 2.24) is 9.88 Å². The zero-order valence-electron chi connectivity index (χ0n) is 16.5. The van der Waals surface area contributed by atoms with E-state index in [2.05, 4.69) is 48.0 Å². The molecule has 0 radical (unpaired) electrons. The van der Waals surface area contributed by atoms with Crippen molar-refractivity contribution < 1.29 is 0 Å². The predicted molar refractivity (Wildman–Crippen MR) is 113 cm³/mol. The number of thioether (sulfide) groups is 1. The SMILES string of the molecule is CCc1cc(SCc2ccc(C#N)c(C)c2)nc(N2CCCN(C)CC2)c1. The lowest BCUT2D eigenvalue weighted by atomic mass is 10.1. The van der Waals surface area contributed by atoms with Gasteiger partial charge in [-0.05, 0) is 68.2 Å². The highest BCUT2D eigenvalue weighted by Crippen LogP contribution is 2.27. The van der Waals surface area contributed by atoms with Crippen LogP contribution in [0.2, 0.25) is 0 Å². The molecule has 0 amide bonds. The monoisotopic (exact) mass is 380 g/mol. The average Bonchev–Trinajstić information content (AvgIpc) is 2.90. The molecule has 1 saturated heterocycles. The molecule has 1 aromatic heterocycles. The number of rotatable bonds is 5. The van der Waals surface area contributed by atoms with Gasteiger partial charge in [0.2, 0.25) is 0 Å². The summed E-state index contributed by atoms with van der Waals surface area (Å²) in [6, 6.07) is 12.8. The molecular formula is C22H28N4S. The third kappa shape index (κ3) is 5.24. The van der Waals surface area contributed by atoms with Crippen LogP contribution in [0.1, 0.15) is 35.6 Å². The number of aryl methyl sites for hydroxylation is 2. The molecular weight excluding hydrogens is 352 g/mol. The van der Waals surface area contributed by atoms with E-state index in [1.54, 1.807) is 11.8 Å². The summed E-state index contributed by atoms with van der Waals surface area (Å²) in [4.78, 5) is 9.79. The molecule has 0 unspecified atom stereocenters. The second kappa shape index (κ2) is 9.25. The summed E-state index contributed by atoms with van der Waals surface area (Å²) in [5, 5.41) is 10.2. The minimum Gasteiger partial charge on any atom is -0.355 e. The third-order valence-corrected chi connectivity index (χ3v) is 6.08. The van der Waals surface area contributed by atoms with Gasteiger partial charge in [-0.25, -0.2) is 4.98 Å². The Morgan fingerprint density at radius 2 is 1.96 bits per heavy atom. The summed E-state index contributed by atoms with van der Waals surface area (Å²) in [5.74, 6) is 1.98. The van der Waals surface area contributed by atoms with Gasteiger partial charge in [-0.1, -0.05) is 19.1 Å². The quantitative estimate of drug-likeness (QED) is 0.725. The Labute approximate surface area is 167 Å². The van der Waals surface area contributed by atoms with Gasteiger partial charge in [-0.3, -0.25) is 0 Å². The molecule has 1 aliphatic heterocycles. The number of hydrogen-bond donors (Lipinski definition) is 0. The molecule has 2 heterocycles. The highest BCUT2D eigenvalue weighted by Gasteiger charge is 2.15. The number of benzene rings is 1. The van der Waals surface area contributed by atoms with Gasteiger partial charge >= 0.3 is 0 Å². The number of nitriles is 1. The van der Waals surface area contributed by atoms with Crippen LogP contribution < -0.4 is 4.90 Å². The minimum absolute atomic E-state index is 0.753. The van der Waals surface area contributed by atoms with E-state index >= 15 is 0 Å². The molecule has 3 rings (SSSR count). The van der Waals surface area contributed by atoms with Crippen LogP contribution in [0.5, 0.6) is 0 Å². The number of aromatic nitrogens is 1. The fourth-order valence-electron chi connectivity index (χ4n) is 3.36. The van der Waals surface area contributed by atoms with Crippen LogP contribution in [0.3, 0.4) is 0 Å². The smallest absolute Gasteiger partial charge is 0.130 e. The van der Waals surface area contributed by atoms with E-state index in [0.717, 1.165) is 60.3 Å². The average molecular weight is 381 g/mol. The van der Waals surface area contributed by atoms with Crippen LogP contribution >= 0.6 is 11.8 Å². The van der Waals surface area contributed by atoms with Crippen molar-refractivity contribution in [2.75, 3.05) is 38.1 Å². The van der Waals surface area contributed by atoms with Crippen molar-refractivity contribution in [1.29, 1.82) is 5.26 Å². The minimum atomic E-state index is 0.753. The first-order valence-electron chi connectivity index (χ1n) is 9.66. The zero-order chi connectivity index (χ0) is 19.2. The maximum atomic E-state index is 9.09. The lowest BCUT2D eigenvalue weighted by Crippen LogP contribution is -2.29. The Hall–Kier alpha value is -2.03. The number of nitrogens with zero attached hydrogens (tertiary/aromatic N) is 4. The van der Waals surface area contributed by atoms with Gasteiger partial charge in [0.25, 0.3) is 0 Å². The first-order chi connectivity index (χ1) is 13.1.